The molecule has 12 rings (SSSR count). The zero-order valence-corrected chi connectivity index (χ0v) is 31.3. The van der Waals surface area contributed by atoms with Crippen molar-refractivity contribution in [3.05, 3.63) is 181 Å². The number of aromatic nitrogens is 5. The highest BCUT2D eigenvalue weighted by Gasteiger charge is 2.22. The molecule has 3 heterocycles. The molecule has 0 unspecified atom stereocenters. The Kier molecular flexibility index (Phi) is 7.25. The number of hydrogen-bond acceptors (Lipinski definition) is 5. The van der Waals surface area contributed by atoms with E-state index >= 15 is 0 Å². The first kappa shape index (κ1) is 32.5. The van der Waals surface area contributed by atoms with Gasteiger partial charge >= 0.3 is 0 Å². The van der Waals surface area contributed by atoms with E-state index in [9.17, 15) is 0 Å². The van der Waals surface area contributed by atoms with Crippen LogP contribution in [0.15, 0.2) is 174 Å². The van der Waals surface area contributed by atoms with Gasteiger partial charge in [0.05, 0.1) is 11.0 Å². The average molecular weight is 744 g/mol. The molecule has 0 saturated carbocycles. The van der Waals surface area contributed by atoms with Gasteiger partial charge in [0.2, 0.25) is 0 Å². The molecule has 1 aliphatic rings. The second-order valence-corrected chi connectivity index (χ2v) is 14.9. The first-order valence-electron chi connectivity index (χ1n) is 19.7. The van der Waals surface area contributed by atoms with Gasteiger partial charge in [0.15, 0.2) is 17.5 Å². The number of nitrogens with zero attached hydrogens (tertiary/aromatic N) is 5. The molecule has 1 aliphatic carbocycles. The Morgan fingerprint density at radius 2 is 1.10 bits per heavy atom. The Hall–Kier alpha value is -7.70. The molecule has 0 amide bonds. The molecule has 8 aromatic carbocycles. The Labute approximate surface area is 333 Å². The number of allylic oxidation sites excluding steroid dienone is 1. The maximum Gasteiger partial charge on any atom is 0.164 e. The van der Waals surface area contributed by atoms with E-state index in [1.54, 1.807) is 0 Å². The van der Waals surface area contributed by atoms with E-state index in [2.05, 4.69) is 138 Å². The van der Waals surface area contributed by atoms with Crippen LogP contribution in [0.1, 0.15) is 17.5 Å². The second-order valence-electron chi connectivity index (χ2n) is 14.9. The largest absolute Gasteiger partial charge is 0.456 e. The molecule has 0 bridgehead atoms. The van der Waals surface area contributed by atoms with E-state index in [-0.39, 0.29) is 0 Å². The normalized spacial score (nSPS) is 12.6. The molecule has 0 aliphatic heterocycles. The summed E-state index contributed by atoms with van der Waals surface area (Å²) in [5.74, 6) is 2.55. The van der Waals surface area contributed by atoms with Gasteiger partial charge in [-0.15, -0.1) is 0 Å². The molecule has 0 atom stereocenters. The predicted molar refractivity (Wildman–Crippen MR) is 236 cm³/mol. The monoisotopic (exact) mass is 743 g/mol. The van der Waals surface area contributed by atoms with Crippen LogP contribution < -0.4 is 0 Å². The molecule has 272 valence electrons. The number of rotatable bonds is 5. The molecular weight excluding hydrogens is 711 g/mol. The quantitative estimate of drug-likeness (QED) is 0.164. The summed E-state index contributed by atoms with van der Waals surface area (Å²) in [7, 11) is 0. The number of hydrogen-bond donors (Lipinski definition) is 0. The lowest BCUT2D eigenvalue weighted by atomic mass is 9.86. The zero-order chi connectivity index (χ0) is 38.2. The third kappa shape index (κ3) is 5.12. The van der Waals surface area contributed by atoms with Crippen LogP contribution >= 0.6 is 0 Å². The fraction of sp³-hybridized carbons (Fsp3) is 0.0385. The molecule has 0 saturated heterocycles. The van der Waals surface area contributed by atoms with Gasteiger partial charge < -0.3 is 4.42 Å². The summed E-state index contributed by atoms with van der Waals surface area (Å²) in [4.78, 5) is 21.1. The first-order chi connectivity index (χ1) is 28.7. The summed E-state index contributed by atoms with van der Waals surface area (Å²) in [6.07, 6.45) is 6.58. The van der Waals surface area contributed by atoms with Gasteiger partial charge in [-0.1, -0.05) is 127 Å². The molecular formula is C52H33N5O. The van der Waals surface area contributed by atoms with E-state index in [1.807, 2.05) is 42.5 Å². The van der Waals surface area contributed by atoms with Crippen LogP contribution in [-0.2, 0) is 6.42 Å². The van der Waals surface area contributed by atoms with Crippen molar-refractivity contribution < 1.29 is 4.42 Å². The van der Waals surface area contributed by atoms with Crippen molar-refractivity contribution >= 4 is 60.6 Å². The second kappa shape index (κ2) is 12.9. The summed E-state index contributed by atoms with van der Waals surface area (Å²) < 4.78 is 8.57. The third-order valence-corrected chi connectivity index (χ3v) is 11.5. The van der Waals surface area contributed by atoms with Crippen LogP contribution in [0.3, 0.4) is 0 Å². The lowest BCUT2D eigenvalue weighted by Crippen LogP contribution is -2.03. The summed E-state index contributed by atoms with van der Waals surface area (Å²) in [5.41, 5.74) is 10.8. The van der Waals surface area contributed by atoms with Gasteiger partial charge in [-0.05, 0) is 94.0 Å². The van der Waals surface area contributed by atoms with Crippen LogP contribution in [0.4, 0.5) is 0 Å². The van der Waals surface area contributed by atoms with Crippen molar-refractivity contribution in [3.63, 3.8) is 0 Å². The zero-order valence-electron chi connectivity index (χ0n) is 31.3. The fourth-order valence-electron chi connectivity index (χ4n) is 8.85. The van der Waals surface area contributed by atoms with Crippen molar-refractivity contribution in [1.82, 2.24) is 24.5 Å². The molecule has 6 heteroatoms. The smallest absolute Gasteiger partial charge is 0.164 e. The van der Waals surface area contributed by atoms with E-state index < -0.39 is 0 Å². The highest BCUT2D eigenvalue weighted by Crippen LogP contribution is 2.40. The molecule has 11 aromatic rings. The van der Waals surface area contributed by atoms with Crippen molar-refractivity contribution in [2.45, 2.75) is 12.8 Å². The minimum atomic E-state index is 0.565. The van der Waals surface area contributed by atoms with Gasteiger partial charge in [0.25, 0.3) is 0 Å². The summed E-state index contributed by atoms with van der Waals surface area (Å²) in [5, 5.41) is 7.15. The number of fused-ring (bicyclic) bond motifs is 10. The van der Waals surface area contributed by atoms with Crippen molar-refractivity contribution in [2.75, 3.05) is 0 Å². The van der Waals surface area contributed by atoms with Gasteiger partial charge in [0.1, 0.15) is 17.0 Å². The van der Waals surface area contributed by atoms with Crippen molar-refractivity contribution in [1.29, 1.82) is 0 Å². The van der Waals surface area contributed by atoms with E-state index in [0.717, 1.165) is 79.6 Å². The third-order valence-electron chi connectivity index (χ3n) is 11.5. The van der Waals surface area contributed by atoms with E-state index in [1.165, 1.54) is 32.7 Å². The number of aryl methyl sites for hydroxylation is 1. The van der Waals surface area contributed by atoms with Gasteiger partial charge in [-0.3, -0.25) is 4.57 Å². The summed E-state index contributed by atoms with van der Waals surface area (Å²) in [6, 6.07) is 56.7. The minimum absolute atomic E-state index is 0.565. The Morgan fingerprint density at radius 1 is 0.466 bits per heavy atom. The van der Waals surface area contributed by atoms with Gasteiger partial charge in [-0.2, -0.15) is 0 Å². The van der Waals surface area contributed by atoms with Gasteiger partial charge in [0, 0.05) is 38.7 Å². The first-order valence-corrected chi connectivity index (χ1v) is 19.7. The molecule has 58 heavy (non-hydrogen) atoms. The predicted octanol–water partition coefficient (Wildman–Crippen LogP) is 13.0. The van der Waals surface area contributed by atoms with Crippen LogP contribution in [0, 0.1) is 0 Å². The Bertz CT molecular complexity index is 3470. The summed E-state index contributed by atoms with van der Waals surface area (Å²) >= 11 is 0. The Balaban J connectivity index is 1.10. The van der Waals surface area contributed by atoms with E-state index in [4.69, 9.17) is 24.4 Å². The Morgan fingerprint density at radius 3 is 1.97 bits per heavy atom. The summed E-state index contributed by atoms with van der Waals surface area (Å²) in [6.45, 7) is 0. The molecule has 3 aromatic heterocycles. The van der Waals surface area contributed by atoms with Crippen LogP contribution in [0.2, 0.25) is 0 Å². The fourth-order valence-corrected chi connectivity index (χ4v) is 8.85. The standard InChI is InChI=1S/C52H33N5O/c1-2-14-34(15-3-1)57-46-24-12-11-23-45(46)53-52(57)43-22-9-8-21-42(43)51-55-49(54-50(56-51)33-27-29-41-40-20-10-13-25-47(40)58-48(41)31-33)32-26-28-39-37-18-5-4-16-35(37)36-17-6-7-19-38(36)44(39)30-32/h1-6,8-18,20-31H,7,19H2. The number of furan rings is 1. The lowest BCUT2D eigenvalue weighted by molar-refractivity contribution is 0.669. The molecule has 0 spiro atoms. The number of para-hydroxylation sites is 4. The highest BCUT2D eigenvalue weighted by molar-refractivity contribution is 6.14. The van der Waals surface area contributed by atoms with Crippen molar-refractivity contribution in [2.24, 2.45) is 0 Å². The molecule has 0 N–H and O–H groups in total. The maximum atomic E-state index is 6.35. The van der Waals surface area contributed by atoms with Crippen LogP contribution in [0.5, 0.6) is 0 Å². The lowest BCUT2D eigenvalue weighted by Gasteiger charge is -2.18. The SMILES string of the molecule is C1=Cc2c(c3cc(-c4nc(-c5ccc6c(c5)oc5ccccc56)nc(-c5ccccc5-c5nc6ccccc6n5-c5ccccc5)n4)ccc3c3ccccc23)CC1. The van der Waals surface area contributed by atoms with Crippen LogP contribution in [-0.4, -0.2) is 24.5 Å². The minimum Gasteiger partial charge on any atom is -0.456 e. The van der Waals surface area contributed by atoms with Crippen LogP contribution in [0.25, 0.3) is 112 Å². The highest BCUT2D eigenvalue weighted by atomic mass is 16.3. The average Bonchev–Trinajstić information content (AvgIpc) is 3.88. The van der Waals surface area contributed by atoms with E-state index in [0.29, 0.717) is 17.5 Å². The maximum absolute atomic E-state index is 6.35. The molecule has 0 fully saturated rings. The molecule has 6 nitrogen and oxygen atoms in total. The topological polar surface area (TPSA) is 69.6 Å². The van der Waals surface area contributed by atoms with Crippen molar-refractivity contribution in [3.8, 4) is 51.2 Å². The number of benzene rings is 8. The van der Waals surface area contributed by atoms with Gasteiger partial charge in [-0.25, -0.2) is 19.9 Å². The molecule has 0 radical (unpaired) electrons. The number of imidazole rings is 1.